The van der Waals surface area contributed by atoms with Crippen LogP contribution in [0.4, 0.5) is 0 Å². The third kappa shape index (κ3) is 2.81. The molecule has 1 aliphatic rings. The molecule has 2 aromatic rings. The maximum Gasteiger partial charge on any atom is 0.337 e. The molecule has 0 bridgehead atoms. The van der Waals surface area contributed by atoms with Crippen molar-refractivity contribution in [1.29, 1.82) is 0 Å². The first-order valence-electron chi connectivity index (χ1n) is 7.07. The van der Waals surface area contributed by atoms with Crippen molar-refractivity contribution in [3.63, 3.8) is 0 Å². The minimum atomic E-state index is -1.01. The van der Waals surface area contributed by atoms with Crippen LogP contribution in [0.3, 0.4) is 0 Å². The highest BCUT2D eigenvalue weighted by atomic mass is 32.2. The molecule has 3 heterocycles. The van der Waals surface area contributed by atoms with E-state index < -0.39 is 11.3 Å². The Bertz CT molecular complexity index is 801. The second kappa shape index (κ2) is 6.04. The van der Waals surface area contributed by atoms with E-state index in [0.29, 0.717) is 28.9 Å². The van der Waals surface area contributed by atoms with E-state index in [1.54, 1.807) is 29.1 Å². The van der Waals surface area contributed by atoms with Crippen molar-refractivity contribution in [3.8, 4) is 0 Å². The molecular formula is C15H15N3O4S. The molecule has 1 atom stereocenters. The fraction of sp³-hybridized carbons (Fsp3) is 0.333. The van der Waals surface area contributed by atoms with E-state index >= 15 is 0 Å². The van der Waals surface area contributed by atoms with Gasteiger partial charge in [0.05, 0.1) is 0 Å². The maximum atomic E-state index is 12.5. The molecule has 0 radical (unpaired) electrons. The topological polar surface area (TPSA) is 92.5 Å². The Kier molecular flexibility index (Phi) is 4.08. The number of carboxylic acids is 1. The molecule has 1 unspecified atom stereocenters. The molecule has 2 aromatic heterocycles. The Balaban J connectivity index is 1.91. The number of ketones is 1. The zero-order valence-corrected chi connectivity index (χ0v) is 13.2. The lowest BCUT2D eigenvalue weighted by Gasteiger charge is -2.20. The van der Waals surface area contributed by atoms with Crippen LogP contribution in [0.15, 0.2) is 24.5 Å². The van der Waals surface area contributed by atoms with Crippen LogP contribution < -0.4 is 0 Å². The first-order valence-corrected chi connectivity index (χ1v) is 8.12. The minimum absolute atomic E-state index is 0.0366. The number of aliphatic carboxylic acids is 1. The summed E-state index contributed by atoms with van der Waals surface area (Å²) in [5.41, 5.74) is 1.05. The van der Waals surface area contributed by atoms with Crippen LogP contribution in [0.1, 0.15) is 17.3 Å². The molecular weight excluding hydrogens is 318 g/mol. The van der Waals surface area contributed by atoms with E-state index in [4.69, 9.17) is 5.11 Å². The molecule has 0 saturated carbocycles. The van der Waals surface area contributed by atoms with Crippen LogP contribution in [0.2, 0.25) is 0 Å². The van der Waals surface area contributed by atoms with E-state index in [1.807, 2.05) is 0 Å². The van der Waals surface area contributed by atoms with E-state index in [0.717, 1.165) is 0 Å². The van der Waals surface area contributed by atoms with Gasteiger partial charge in [-0.1, -0.05) is 0 Å². The van der Waals surface area contributed by atoms with Crippen molar-refractivity contribution in [3.05, 3.63) is 30.1 Å². The zero-order chi connectivity index (χ0) is 16.6. The maximum absolute atomic E-state index is 12.5. The normalized spacial score (nSPS) is 17.6. The molecule has 1 N–H and O–H groups in total. The lowest BCUT2D eigenvalue weighted by molar-refractivity contribution is -0.145. The lowest BCUT2D eigenvalue weighted by Crippen LogP contribution is -2.41. The van der Waals surface area contributed by atoms with Crippen molar-refractivity contribution >= 4 is 40.5 Å². The fourth-order valence-corrected chi connectivity index (χ4v) is 3.76. The van der Waals surface area contributed by atoms with Crippen molar-refractivity contribution in [1.82, 2.24) is 14.5 Å². The molecule has 1 amide bonds. The molecule has 1 fully saturated rings. The van der Waals surface area contributed by atoms with Crippen molar-refractivity contribution in [2.75, 3.05) is 12.3 Å². The molecule has 7 nitrogen and oxygen atoms in total. The predicted molar refractivity (Wildman–Crippen MR) is 85.3 cm³/mol. The van der Waals surface area contributed by atoms with Crippen molar-refractivity contribution < 1.29 is 19.5 Å². The van der Waals surface area contributed by atoms with E-state index in [9.17, 15) is 14.4 Å². The Morgan fingerprint density at radius 1 is 1.43 bits per heavy atom. The number of amides is 1. The number of rotatable bonds is 4. The van der Waals surface area contributed by atoms with Gasteiger partial charge in [0.15, 0.2) is 11.2 Å². The SMILES string of the molecule is CC(=O)c1cn(CC(=O)N2CCSC2C(=O)O)c2ncccc12. The number of Topliss-reactive ketones (excluding diaryl/α,β-unsaturated/α-hetero) is 1. The second-order valence-electron chi connectivity index (χ2n) is 5.25. The molecule has 23 heavy (non-hydrogen) atoms. The number of hydrogen-bond donors (Lipinski definition) is 1. The van der Waals surface area contributed by atoms with Crippen LogP contribution in [0.25, 0.3) is 11.0 Å². The molecule has 1 saturated heterocycles. The van der Waals surface area contributed by atoms with Gasteiger partial charge in [-0.15, -0.1) is 11.8 Å². The summed E-state index contributed by atoms with van der Waals surface area (Å²) in [6.45, 7) is 1.84. The van der Waals surface area contributed by atoms with Crippen LogP contribution >= 0.6 is 11.8 Å². The Morgan fingerprint density at radius 3 is 2.91 bits per heavy atom. The lowest BCUT2D eigenvalue weighted by atomic mass is 10.2. The highest BCUT2D eigenvalue weighted by Crippen LogP contribution is 2.25. The van der Waals surface area contributed by atoms with E-state index in [1.165, 1.54) is 23.6 Å². The molecule has 3 rings (SSSR count). The Labute approximate surface area is 136 Å². The van der Waals surface area contributed by atoms with Gasteiger partial charge in [0.25, 0.3) is 0 Å². The highest BCUT2D eigenvalue weighted by molar-refractivity contribution is 8.00. The highest BCUT2D eigenvalue weighted by Gasteiger charge is 2.34. The monoisotopic (exact) mass is 333 g/mol. The average molecular weight is 333 g/mol. The predicted octanol–water partition coefficient (Wildman–Crippen LogP) is 1.22. The van der Waals surface area contributed by atoms with Gasteiger partial charge in [-0.3, -0.25) is 9.59 Å². The standard InChI is InChI=1S/C15H15N3O4S/c1-9(19)11-7-17(13-10(11)3-2-4-16-13)8-12(20)18-5-6-23-14(18)15(21)22/h2-4,7,14H,5-6,8H2,1H3,(H,21,22). The van der Waals surface area contributed by atoms with Gasteiger partial charge in [0, 0.05) is 35.6 Å². The van der Waals surface area contributed by atoms with Gasteiger partial charge >= 0.3 is 5.97 Å². The first-order chi connectivity index (χ1) is 11.0. The summed E-state index contributed by atoms with van der Waals surface area (Å²) in [5, 5.41) is 9.02. The van der Waals surface area contributed by atoms with Gasteiger partial charge in [-0.05, 0) is 19.1 Å². The number of carbonyl (C=O) groups is 3. The number of carboxylic acid groups (broad SMARTS) is 1. The molecule has 0 aromatic carbocycles. The molecule has 0 aliphatic carbocycles. The number of aromatic nitrogens is 2. The van der Waals surface area contributed by atoms with Crippen molar-refractivity contribution in [2.24, 2.45) is 0 Å². The number of hydrogen-bond acceptors (Lipinski definition) is 5. The van der Waals surface area contributed by atoms with Crippen molar-refractivity contribution in [2.45, 2.75) is 18.8 Å². The third-order valence-electron chi connectivity index (χ3n) is 3.74. The second-order valence-corrected chi connectivity index (χ2v) is 6.44. The zero-order valence-electron chi connectivity index (χ0n) is 12.4. The summed E-state index contributed by atoms with van der Waals surface area (Å²) in [4.78, 5) is 41.0. The fourth-order valence-electron chi connectivity index (χ4n) is 2.69. The molecule has 0 spiro atoms. The Hall–Kier alpha value is -2.35. The van der Waals surface area contributed by atoms with Gasteiger partial charge in [-0.2, -0.15) is 0 Å². The number of fused-ring (bicyclic) bond motifs is 1. The summed E-state index contributed by atoms with van der Waals surface area (Å²) >= 11 is 1.24. The van der Waals surface area contributed by atoms with Gasteiger partial charge in [0.2, 0.25) is 5.91 Å². The van der Waals surface area contributed by atoms with Crippen LogP contribution in [-0.4, -0.2) is 54.9 Å². The number of thioether (sulfide) groups is 1. The smallest absolute Gasteiger partial charge is 0.337 e. The third-order valence-corrected chi connectivity index (χ3v) is 4.93. The number of pyridine rings is 1. The molecule has 120 valence electrons. The first kappa shape index (κ1) is 15.5. The summed E-state index contributed by atoms with van der Waals surface area (Å²) in [6.07, 6.45) is 3.20. The average Bonchev–Trinajstić information content (AvgIpc) is 3.12. The van der Waals surface area contributed by atoms with Crippen LogP contribution in [0, 0.1) is 0 Å². The molecule has 1 aliphatic heterocycles. The summed E-state index contributed by atoms with van der Waals surface area (Å²) in [7, 11) is 0. The minimum Gasteiger partial charge on any atom is -0.479 e. The van der Waals surface area contributed by atoms with Crippen LogP contribution in [-0.2, 0) is 16.1 Å². The number of carbonyl (C=O) groups excluding carboxylic acids is 2. The van der Waals surface area contributed by atoms with Gasteiger partial charge in [0.1, 0.15) is 12.2 Å². The van der Waals surface area contributed by atoms with E-state index in [2.05, 4.69) is 4.98 Å². The summed E-state index contributed by atoms with van der Waals surface area (Å²) < 4.78 is 1.61. The Morgan fingerprint density at radius 2 is 2.22 bits per heavy atom. The van der Waals surface area contributed by atoms with Gasteiger partial charge in [-0.25, -0.2) is 9.78 Å². The van der Waals surface area contributed by atoms with Gasteiger partial charge < -0.3 is 14.6 Å². The van der Waals surface area contributed by atoms with Crippen LogP contribution in [0.5, 0.6) is 0 Å². The largest absolute Gasteiger partial charge is 0.479 e. The summed E-state index contributed by atoms with van der Waals surface area (Å²) in [6, 6.07) is 3.52. The quantitative estimate of drug-likeness (QED) is 0.846. The number of nitrogens with zero attached hydrogens (tertiary/aromatic N) is 3. The summed E-state index contributed by atoms with van der Waals surface area (Å²) in [5.74, 6) is -0.804. The molecule has 8 heteroatoms. The van der Waals surface area contributed by atoms with E-state index in [-0.39, 0.29) is 18.2 Å².